The molecule has 0 spiro atoms. The molecule has 0 radical (unpaired) electrons. The normalized spacial score (nSPS) is 14.6. The van der Waals surface area contributed by atoms with Crippen molar-refractivity contribution in [3.8, 4) is 6.07 Å². The van der Waals surface area contributed by atoms with Gasteiger partial charge in [-0.25, -0.2) is 4.79 Å². The van der Waals surface area contributed by atoms with Gasteiger partial charge in [-0.05, 0) is 12.1 Å². The van der Waals surface area contributed by atoms with Crippen molar-refractivity contribution >= 4 is 17.6 Å². The van der Waals surface area contributed by atoms with Gasteiger partial charge in [-0.3, -0.25) is 4.79 Å². The number of piperazine rings is 1. The van der Waals surface area contributed by atoms with E-state index in [2.05, 4.69) is 5.32 Å². The molecular weight excluding hydrogens is 256 g/mol. The summed E-state index contributed by atoms with van der Waals surface area (Å²) in [4.78, 5) is 26.7. The number of rotatable bonds is 1. The van der Waals surface area contributed by atoms with Gasteiger partial charge >= 0.3 is 6.03 Å². The molecule has 1 aromatic rings. The molecule has 104 valence electrons. The first-order chi connectivity index (χ1) is 9.61. The molecule has 1 heterocycles. The highest BCUT2D eigenvalue weighted by molar-refractivity contribution is 5.91. The van der Waals surface area contributed by atoms with Crippen molar-refractivity contribution in [2.75, 3.05) is 31.5 Å². The number of hydrogen-bond acceptors (Lipinski definition) is 3. The highest BCUT2D eigenvalue weighted by atomic mass is 16.2. The van der Waals surface area contributed by atoms with Crippen molar-refractivity contribution in [3.63, 3.8) is 0 Å². The number of para-hydroxylation sites is 1. The number of benzene rings is 1. The second-order valence-corrected chi connectivity index (χ2v) is 4.58. The highest BCUT2D eigenvalue weighted by Crippen LogP contribution is 2.14. The zero-order chi connectivity index (χ0) is 14.5. The van der Waals surface area contributed by atoms with E-state index in [1.165, 1.54) is 6.92 Å². The van der Waals surface area contributed by atoms with Gasteiger partial charge < -0.3 is 15.1 Å². The minimum Gasteiger partial charge on any atom is -0.339 e. The molecule has 1 saturated heterocycles. The van der Waals surface area contributed by atoms with Crippen LogP contribution in [0.2, 0.25) is 0 Å². The lowest BCUT2D eigenvalue weighted by Crippen LogP contribution is -2.51. The van der Waals surface area contributed by atoms with E-state index in [1.807, 2.05) is 6.07 Å². The second-order valence-electron chi connectivity index (χ2n) is 4.58. The lowest BCUT2D eigenvalue weighted by molar-refractivity contribution is -0.130. The molecule has 3 amide bonds. The number of nitriles is 1. The molecule has 0 aliphatic carbocycles. The van der Waals surface area contributed by atoms with Crippen molar-refractivity contribution in [1.29, 1.82) is 5.26 Å². The molecule has 6 heteroatoms. The van der Waals surface area contributed by atoms with Crippen molar-refractivity contribution in [1.82, 2.24) is 9.80 Å². The molecule has 1 fully saturated rings. The zero-order valence-corrected chi connectivity index (χ0v) is 11.3. The third-order valence-corrected chi connectivity index (χ3v) is 3.30. The topological polar surface area (TPSA) is 76.4 Å². The summed E-state index contributed by atoms with van der Waals surface area (Å²) in [6.45, 7) is 3.62. The Labute approximate surface area is 117 Å². The summed E-state index contributed by atoms with van der Waals surface area (Å²) >= 11 is 0. The summed E-state index contributed by atoms with van der Waals surface area (Å²) in [6, 6.07) is 8.67. The number of nitrogens with one attached hydrogen (secondary N) is 1. The van der Waals surface area contributed by atoms with E-state index in [1.54, 1.807) is 34.1 Å². The quantitative estimate of drug-likeness (QED) is 0.836. The van der Waals surface area contributed by atoms with E-state index in [4.69, 9.17) is 5.26 Å². The van der Waals surface area contributed by atoms with Crippen LogP contribution in [0.25, 0.3) is 0 Å². The van der Waals surface area contributed by atoms with E-state index < -0.39 is 0 Å². The summed E-state index contributed by atoms with van der Waals surface area (Å²) < 4.78 is 0. The molecular formula is C14H16N4O2. The Morgan fingerprint density at radius 1 is 1.15 bits per heavy atom. The van der Waals surface area contributed by atoms with E-state index in [0.717, 1.165) is 0 Å². The standard InChI is InChI=1S/C14H16N4O2/c1-11(19)17-6-8-18(9-7-17)14(20)16-13-5-3-2-4-12(13)10-15/h2-5H,6-9H2,1H3,(H,16,20). The first-order valence-corrected chi connectivity index (χ1v) is 6.42. The summed E-state index contributed by atoms with van der Waals surface area (Å²) in [7, 11) is 0. The van der Waals surface area contributed by atoms with E-state index in [0.29, 0.717) is 37.4 Å². The third-order valence-electron chi connectivity index (χ3n) is 3.30. The van der Waals surface area contributed by atoms with Crippen molar-refractivity contribution < 1.29 is 9.59 Å². The Bertz CT molecular complexity index is 557. The molecule has 1 N–H and O–H groups in total. The van der Waals surface area contributed by atoms with E-state index >= 15 is 0 Å². The fourth-order valence-electron chi connectivity index (χ4n) is 2.11. The Kier molecular flexibility index (Phi) is 4.20. The molecule has 1 aliphatic heterocycles. The summed E-state index contributed by atoms with van der Waals surface area (Å²) in [6.07, 6.45) is 0. The SMILES string of the molecule is CC(=O)N1CCN(C(=O)Nc2ccccc2C#N)CC1. The van der Waals surface area contributed by atoms with Gasteiger partial charge in [-0.2, -0.15) is 5.26 Å². The van der Waals surface area contributed by atoms with Crippen LogP contribution in [0.3, 0.4) is 0 Å². The summed E-state index contributed by atoms with van der Waals surface area (Å²) in [5.74, 6) is 0.0277. The maximum Gasteiger partial charge on any atom is 0.322 e. The van der Waals surface area contributed by atoms with Crippen LogP contribution < -0.4 is 5.32 Å². The first-order valence-electron chi connectivity index (χ1n) is 6.42. The van der Waals surface area contributed by atoms with Crippen LogP contribution in [0.5, 0.6) is 0 Å². The number of nitrogens with zero attached hydrogens (tertiary/aromatic N) is 3. The predicted octanol–water partition coefficient (Wildman–Crippen LogP) is 1.25. The number of urea groups is 1. The number of carbonyl (C=O) groups excluding carboxylic acids is 2. The lowest BCUT2D eigenvalue weighted by Gasteiger charge is -2.34. The Balaban J connectivity index is 1.97. The molecule has 1 aromatic carbocycles. The maximum absolute atomic E-state index is 12.1. The second kappa shape index (κ2) is 6.06. The van der Waals surface area contributed by atoms with Crippen LogP contribution in [-0.2, 0) is 4.79 Å². The predicted molar refractivity (Wildman–Crippen MR) is 74.0 cm³/mol. The Morgan fingerprint density at radius 3 is 2.35 bits per heavy atom. The minimum atomic E-state index is -0.240. The van der Waals surface area contributed by atoms with Crippen LogP contribution in [0, 0.1) is 11.3 Å². The summed E-state index contributed by atoms with van der Waals surface area (Å²) in [5.41, 5.74) is 0.942. The highest BCUT2D eigenvalue weighted by Gasteiger charge is 2.22. The number of amides is 3. The van der Waals surface area contributed by atoms with Gasteiger partial charge in [0, 0.05) is 33.1 Å². The van der Waals surface area contributed by atoms with Crippen molar-refractivity contribution in [2.24, 2.45) is 0 Å². The van der Waals surface area contributed by atoms with E-state index in [-0.39, 0.29) is 11.9 Å². The van der Waals surface area contributed by atoms with Crippen LogP contribution in [-0.4, -0.2) is 47.9 Å². The minimum absolute atomic E-state index is 0.0277. The number of carbonyl (C=O) groups is 2. The molecule has 0 atom stereocenters. The average molecular weight is 272 g/mol. The van der Waals surface area contributed by atoms with Gasteiger partial charge in [0.15, 0.2) is 0 Å². The fraction of sp³-hybridized carbons (Fsp3) is 0.357. The number of hydrogen-bond donors (Lipinski definition) is 1. The molecule has 0 saturated carbocycles. The molecule has 0 unspecified atom stereocenters. The third kappa shape index (κ3) is 3.06. The van der Waals surface area contributed by atoms with E-state index in [9.17, 15) is 9.59 Å². The van der Waals surface area contributed by atoms with Gasteiger partial charge in [0.2, 0.25) is 5.91 Å². The molecule has 6 nitrogen and oxygen atoms in total. The zero-order valence-electron chi connectivity index (χ0n) is 11.3. The largest absolute Gasteiger partial charge is 0.339 e. The number of anilines is 1. The van der Waals surface area contributed by atoms with Crippen LogP contribution in [0.15, 0.2) is 24.3 Å². The molecule has 0 aromatic heterocycles. The van der Waals surface area contributed by atoms with Gasteiger partial charge in [-0.15, -0.1) is 0 Å². The molecule has 2 rings (SSSR count). The van der Waals surface area contributed by atoms with Crippen LogP contribution in [0.1, 0.15) is 12.5 Å². The molecule has 1 aliphatic rings. The average Bonchev–Trinajstić information content (AvgIpc) is 2.48. The fourth-order valence-corrected chi connectivity index (χ4v) is 2.11. The van der Waals surface area contributed by atoms with Crippen LogP contribution >= 0.6 is 0 Å². The Morgan fingerprint density at radius 2 is 1.75 bits per heavy atom. The van der Waals surface area contributed by atoms with Crippen LogP contribution in [0.4, 0.5) is 10.5 Å². The lowest BCUT2D eigenvalue weighted by atomic mass is 10.2. The van der Waals surface area contributed by atoms with Crippen molar-refractivity contribution in [3.05, 3.63) is 29.8 Å². The first kappa shape index (κ1) is 13.9. The smallest absolute Gasteiger partial charge is 0.322 e. The Hall–Kier alpha value is -2.55. The molecule has 0 bridgehead atoms. The summed E-state index contributed by atoms with van der Waals surface area (Å²) in [5, 5.41) is 11.7. The molecule has 20 heavy (non-hydrogen) atoms. The van der Waals surface area contributed by atoms with Gasteiger partial charge in [0.25, 0.3) is 0 Å². The van der Waals surface area contributed by atoms with Gasteiger partial charge in [0.05, 0.1) is 11.3 Å². The van der Waals surface area contributed by atoms with Crippen molar-refractivity contribution in [2.45, 2.75) is 6.92 Å². The van der Waals surface area contributed by atoms with Gasteiger partial charge in [-0.1, -0.05) is 12.1 Å². The van der Waals surface area contributed by atoms with Gasteiger partial charge in [0.1, 0.15) is 6.07 Å². The monoisotopic (exact) mass is 272 g/mol. The maximum atomic E-state index is 12.1.